The second-order valence-electron chi connectivity index (χ2n) is 5.88. The summed E-state index contributed by atoms with van der Waals surface area (Å²) in [6.45, 7) is 6.54. The lowest BCUT2D eigenvalue weighted by atomic mass is 10.0. The first kappa shape index (κ1) is 15.7. The number of aliphatic hydroxyl groups excluding tert-OH is 1. The topological polar surface area (TPSA) is 32.3 Å². The van der Waals surface area contributed by atoms with Gasteiger partial charge in [-0.15, -0.1) is 0 Å². The summed E-state index contributed by atoms with van der Waals surface area (Å²) in [6, 6.07) is 17.2. The zero-order valence-corrected chi connectivity index (χ0v) is 13.1. The number of hydrogen-bond acceptors (Lipinski definition) is 2. The summed E-state index contributed by atoms with van der Waals surface area (Å²) >= 11 is 0. The van der Waals surface area contributed by atoms with Crippen LogP contribution in [0.4, 0.5) is 0 Å². The monoisotopic (exact) mass is 283 g/mol. The third-order valence-corrected chi connectivity index (χ3v) is 3.78. The number of aryl methyl sites for hydroxylation is 2. The van der Waals surface area contributed by atoms with Crippen molar-refractivity contribution in [1.82, 2.24) is 5.32 Å². The van der Waals surface area contributed by atoms with Gasteiger partial charge in [0.25, 0.3) is 0 Å². The van der Waals surface area contributed by atoms with Gasteiger partial charge in [-0.3, -0.25) is 0 Å². The number of rotatable bonds is 6. The third-order valence-electron chi connectivity index (χ3n) is 3.78. The van der Waals surface area contributed by atoms with Crippen molar-refractivity contribution in [1.29, 1.82) is 0 Å². The molecule has 0 bridgehead atoms. The van der Waals surface area contributed by atoms with Gasteiger partial charge in [-0.25, -0.2) is 0 Å². The molecule has 0 saturated heterocycles. The average molecular weight is 283 g/mol. The van der Waals surface area contributed by atoms with Crippen LogP contribution in [0, 0.1) is 13.8 Å². The fraction of sp³-hybridized carbons (Fsp3) is 0.368. The summed E-state index contributed by atoms with van der Waals surface area (Å²) in [7, 11) is 0. The average Bonchev–Trinajstić information content (AvgIpc) is 2.46. The first-order valence-electron chi connectivity index (χ1n) is 7.57. The van der Waals surface area contributed by atoms with Gasteiger partial charge in [0, 0.05) is 12.1 Å². The normalized spacial score (nSPS) is 13.9. The Morgan fingerprint density at radius 2 is 1.62 bits per heavy atom. The van der Waals surface area contributed by atoms with Crippen molar-refractivity contribution in [2.75, 3.05) is 6.61 Å². The fourth-order valence-electron chi connectivity index (χ4n) is 2.78. The van der Waals surface area contributed by atoms with Crippen LogP contribution in [-0.4, -0.2) is 17.8 Å². The highest BCUT2D eigenvalue weighted by Crippen LogP contribution is 2.17. The largest absolute Gasteiger partial charge is 0.395 e. The molecule has 0 saturated carbocycles. The van der Waals surface area contributed by atoms with Gasteiger partial charge in [-0.05, 0) is 38.3 Å². The lowest BCUT2D eigenvalue weighted by Gasteiger charge is -2.23. The highest BCUT2D eigenvalue weighted by atomic mass is 16.3. The van der Waals surface area contributed by atoms with E-state index in [-0.39, 0.29) is 18.7 Å². The van der Waals surface area contributed by atoms with E-state index in [9.17, 15) is 5.11 Å². The van der Waals surface area contributed by atoms with Crippen LogP contribution in [0.2, 0.25) is 0 Å². The molecule has 2 heteroatoms. The summed E-state index contributed by atoms with van der Waals surface area (Å²) in [4.78, 5) is 0. The molecule has 0 aliphatic carbocycles. The maximum atomic E-state index is 9.63. The molecule has 2 nitrogen and oxygen atoms in total. The van der Waals surface area contributed by atoms with Gasteiger partial charge in [0.05, 0.1) is 6.61 Å². The van der Waals surface area contributed by atoms with Crippen molar-refractivity contribution < 1.29 is 5.11 Å². The first-order chi connectivity index (χ1) is 10.1. The van der Waals surface area contributed by atoms with E-state index in [0.29, 0.717) is 0 Å². The van der Waals surface area contributed by atoms with Gasteiger partial charge in [0.2, 0.25) is 0 Å². The summed E-state index contributed by atoms with van der Waals surface area (Å²) in [5, 5.41) is 13.2. The molecule has 2 atom stereocenters. The Hall–Kier alpha value is -1.64. The molecule has 2 N–H and O–H groups in total. The van der Waals surface area contributed by atoms with E-state index in [1.807, 2.05) is 18.2 Å². The predicted octanol–water partition coefficient (Wildman–Crippen LogP) is 3.56. The minimum Gasteiger partial charge on any atom is -0.395 e. The SMILES string of the molecule is Cc1cc(C)cc(C(C)NC(CO)Cc2ccccc2)c1. The maximum Gasteiger partial charge on any atom is 0.0588 e. The molecule has 0 heterocycles. The lowest BCUT2D eigenvalue weighted by molar-refractivity contribution is 0.232. The summed E-state index contributed by atoms with van der Waals surface area (Å²) < 4.78 is 0. The van der Waals surface area contributed by atoms with E-state index in [0.717, 1.165) is 6.42 Å². The molecule has 0 aliphatic rings. The van der Waals surface area contributed by atoms with Crippen LogP contribution in [0.25, 0.3) is 0 Å². The Kier molecular flexibility index (Phi) is 5.54. The van der Waals surface area contributed by atoms with Crippen LogP contribution < -0.4 is 5.32 Å². The number of benzene rings is 2. The molecule has 2 rings (SSSR count). The van der Waals surface area contributed by atoms with Crippen LogP contribution in [0.1, 0.15) is 35.2 Å². The predicted molar refractivity (Wildman–Crippen MR) is 88.5 cm³/mol. The van der Waals surface area contributed by atoms with Crippen molar-refractivity contribution in [2.45, 2.75) is 39.3 Å². The van der Waals surface area contributed by atoms with E-state index in [1.54, 1.807) is 0 Å². The first-order valence-corrected chi connectivity index (χ1v) is 7.57. The van der Waals surface area contributed by atoms with E-state index >= 15 is 0 Å². The maximum absolute atomic E-state index is 9.63. The molecule has 0 spiro atoms. The molecule has 0 radical (unpaired) electrons. The lowest BCUT2D eigenvalue weighted by Crippen LogP contribution is -2.36. The standard InChI is InChI=1S/C19H25NO/c1-14-9-15(2)11-18(10-14)16(3)20-19(13-21)12-17-7-5-4-6-8-17/h4-11,16,19-21H,12-13H2,1-3H3. The second kappa shape index (κ2) is 7.39. The molecule has 2 aromatic rings. The molecule has 21 heavy (non-hydrogen) atoms. The number of hydrogen-bond donors (Lipinski definition) is 2. The number of nitrogens with one attached hydrogen (secondary N) is 1. The van der Waals surface area contributed by atoms with Crippen molar-refractivity contribution in [3.63, 3.8) is 0 Å². The Labute approximate surface area is 127 Å². The van der Waals surface area contributed by atoms with E-state index in [2.05, 4.69) is 56.4 Å². The zero-order valence-electron chi connectivity index (χ0n) is 13.1. The smallest absolute Gasteiger partial charge is 0.0588 e. The van der Waals surface area contributed by atoms with Gasteiger partial charge >= 0.3 is 0 Å². The minimum atomic E-state index is 0.0724. The third kappa shape index (κ3) is 4.69. The molecule has 0 amide bonds. The summed E-state index contributed by atoms with van der Waals surface area (Å²) in [5.74, 6) is 0. The van der Waals surface area contributed by atoms with Gasteiger partial charge in [0.15, 0.2) is 0 Å². The zero-order chi connectivity index (χ0) is 15.2. The Bertz CT molecular complexity index is 545. The molecular weight excluding hydrogens is 258 g/mol. The minimum absolute atomic E-state index is 0.0724. The molecule has 2 unspecified atom stereocenters. The Morgan fingerprint density at radius 1 is 1.00 bits per heavy atom. The number of aliphatic hydroxyl groups is 1. The van der Waals surface area contributed by atoms with Crippen LogP contribution in [0.5, 0.6) is 0 Å². The van der Waals surface area contributed by atoms with E-state index in [4.69, 9.17) is 0 Å². The quantitative estimate of drug-likeness (QED) is 0.849. The van der Waals surface area contributed by atoms with Gasteiger partial charge in [-0.2, -0.15) is 0 Å². The van der Waals surface area contributed by atoms with Gasteiger partial charge in [0.1, 0.15) is 0 Å². The summed E-state index contributed by atoms with van der Waals surface area (Å²) in [6.07, 6.45) is 0.840. The molecular formula is C19H25NO. The Morgan fingerprint density at radius 3 is 2.19 bits per heavy atom. The van der Waals surface area contributed by atoms with Crippen molar-refractivity contribution in [2.24, 2.45) is 0 Å². The van der Waals surface area contributed by atoms with E-state index < -0.39 is 0 Å². The van der Waals surface area contributed by atoms with Crippen molar-refractivity contribution in [3.8, 4) is 0 Å². The van der Waals surface area contributed by atoms with Gasteiger partial charge in [-0.1, -0.05) is 59.7 Å². The van der Waals surface area contributed by atoms with Gasteiger partial charge < -0.3 is 10.4 Å². The second-order valence-corrected chi connectivity index (χ2v) is 5.88. The molecule has 0 fully saturated rings. The molecule has 0 aliphatic heterocycles. The van der Waals surface area contributed by atoms with Crippen LogP contribution in [-0.2, 0) is 6.42 Å². The highest BCUT2D eigenvalue weighted by molar-refractivity contribution is 5.30. The molecule has 0 aromatic heterocycles. The highest BCUT2D eigenvalue weighted by Gasteiger charge is 2.13. The molecule has 2 aromatic carbocycles. The van der Waals surface area contributed by atoms with Crippen molar-refractivity contribution >= 4 is 0 Å². The van der Waals surface area contributed by atoms with E-state index in [1.165, 1.54) is 22.3 Å². The summed E-state index contributed by atoms with van der Waals surface area (Å²) in [5.41, 5.74) is 5.08. The van der Waals surface area contributed by atoms with Crippen LogP contribution in [0.15, 0.2) is 48.5 Å². The Balaban J connectivity index is 2.03. The van der Waals surface area contributed by atoms with Crippen LogP contribution in [0.3, 0.4) is 0 Å². The van der Waals surface area contributed by atoms with Crippen molar-refractivity contribution in [3.05, 3.63) is 70.8 Å². The molecule has 112 valence electrons. The fourth-order valence-corrected chi connectivity index (χ4v) is 2.78. The van der Waals surface area contributed by atoms with Crippen LogP contribution >= 0.6 is 0 Å².